The minimum Gasteiger partial charge on any atom is -0.478 e. The normalized spacial score (nSPS) is 12.4. The fraction of sp³-hybridized carbons (Fsp3) is 0.562. The Balaban J connectivity index is 2.53. The number of hydrogen-bond donors (Lipinski definition) is 3. The van der Waals surface area contributed by atoms with Gasteiger partial charge in [0.15, 0.2) is 0 Å². The second-order valence-electron chi connectivity index (χ2n) is 5.29. The second kappa shape index (κ2) is 8.52. The van der Waals surface area contributed by atoms with E-state index in [1.165, 1.54) is 6.07 Å². The van der Waals surface area contributed by atoms with Gasteiger partial charge in [0, 0.05) is 6.04 Å². The number of nitrogens with zero attached hydrogens (tertiary/aromatic N) is 1. The van der Waals surface area contributed by atoms with Crippen molar-refractivity contribution >= 4 is 17.3 Å². The molecule has 0 aliphatic carbocycles. The van der Waals surface area contributed by atoms with E-state index < -0.39 is 5.97 Å². The van der Waals surface area contributed by atoms with Crippen molar-refractivity contribution in [2.24, 2.45) is 0 Å². The minimum atomic E-state index is -0.995. The summed E-state index contributed by atoms with van der Waals surface area (Å²) in [5.41, 5.74) is 7.05. The zero-order chi connectivity index (χ0) is 15.8. The Morgan fingerprint density at radius 2 is 2.05 bits per heavy atom. The zero-order valence-corrected chi connectivity index (χ0v) is 13.2. The SMILES string of the molecule is CCN(CC)CCCC(C)Nc1cccc(C(=O)O)c1N. The van der Waals surface area contributed by atoms with Gasteiger partial charge in [0.2, 0.25) is 0 Å². The summed E-state index contributed by atoms with van der Waals surface area (Å²) in [5, 5.41) is 12.4. The summed E-state index contributed by atoms with van der Waals surface area (Å²) in [5.74, 6) is -0.995. The minimum absolute atomic E-state index is 0.148. The third-order valence-electron chi connectivity index (χ3n) is 3.74. The molecule has 1 aromatic rings. The van der Waals surface area contributed by atoms with Gasteiger partial charge in [0.1, 0.15) is 0 Å². The Hall–Kier alpha value is -1.75. The van der Waals surface area contributed by atoms with Crippen molar-refractivity contribution in [1.29, 1.82) is 0 Å². The van der Waals surface area contributed by atoms with Crippen molar-refractivity contribution in [1.82, 2.24) is 4.90 Å². The van der Waals surface area contributed by atoms with Crippen LogP contribution in [-0.4, -0.2) is 41.7 Å². The van der Waals surface area contributed by atoms with Gasteiger partial charge in [-0.15, -0.1) is 0 Å². The van der Waals surface area contributed by atoms with Crippen LogP contribution < -0.4 is 11.1 Å². The molecule has 1 rings (SSSR count). The number of aromatic carboxylic acids is 1. The maximum atomic E-state index is 11.1. The van der Waals surface area contributed by atoms with E-state index in [2.05, 4.69) is 31.0 Å². The van der Waals surface area contributed by atoms with Crippen LogP contribution in [0.3, 0.4) is 0 Å². The lowest BCUT2D eigenvalue weighted by Crippen LogP contribution is -2.25. The number of benzene rings is 1. The number of anilines is 2. The van der Waals surface area contributed by atoms with E-state index in [4.69, 9.17) is 10.8 Å². The molecule has 0 heterocycles. The Labute approximate surface area is 127 Å². The number of rotatable bonds is 9. The summed E-state index contributed by atoms with van der Waals surface area (Å²) in [7, 11) is 0. The molecule has 0 aliphatic heterocycles. The molecule has 1 unspecified atom stereocenters. The molecule has 4 N–H and O–H groups in total. The molecule has 1 aromatic carbocycles. The highest BCUT2D eigenvalue weighted by molar-refractivity contribution is 5.97. The molecule has 0 aromatic heterocycles. The predicted molar refractivity (Wildman–Crippen MR) is 87.9 cm³/mol. The predicted octanol–water partition coefficient (Wildman–Crippen LogP) is 2.89. The van der Waals surface area contributed by atoms with Crippen LogP contribution in [0.1, 0.15) is 44.0 Å². The second-order valence-corrected chi connectivity index (χ2v) is 5.29. The van der Waals surface area contributed by atoms with Gasteiger partial charge in [0.25, 0.3) is 0 Å². The quantitative estimate of drug-likeness (QED) is 0.610. The Kier molecular flexibility index (Phi) is 7.02. The summed E-state index contributed by atoms with van der Waals surface area (Å²) in [6.07, 6.45) is 2.13. The maximum Gasteiger partial charge on any atom is 0.337 e. The first-order valence-electron chi connectivity index (χ1n) is 7.60. The highest BCUT2D eigenvalue weighted by Crippen LogP contribution is 2.24. The first-order chi connectivity index (χ1) is 9.99. The van der Waals surface area contributed by atoms with Crippen LogP contribution in [0.15, 0.2) is 18.2 Å². The lowest BCUT2D eigenvalue weighted by molar-refractivity contribution is 0.0698. The number of nitrogens with one attached hydrogen (secondary N) is 1. The van der Waals surface area contributed by atoms with Gasteiger partial charge in [-0.05, 0) is 51.5 Å². The van der Waals surface area contributed by atoms with E-state index in [-0.39, 0.29) is 11.6 Å². The molecular formula is C16H27N3O2. The average Bonchev–Trinajstić information content (AvgIpc) is 2.45. The molecule has 0 saturated heterocycles. The summed E-state index contributed by atoms with van der Waals surface area (Å²) < 4.78 is 0. The van der Waals surface area contributed by atoms with Gasteiger partial charge < -0.3 is 21.1 Å². The Morgan fingerprint density at radius 3 is 2.62 bits per heavy atom. The topological polar surface area (TPSA) is 78.6 Å². The van der Waals surface area contributed by atoms with Crippen LogP contribution in [0.2, 0.25) is 0 Å². The molecule has 0 radical (unpaired) electrons. The highest BCUT2D eigenvalue weighted by atomic mass is 16.4. The molecule has 0 amide bonds. The largest absolute Gasteiger partial charge is 0.478 e. The standard InChI is InChI=1S/C16H27N3O2/c1-4-19(5-2)11-7-8-12(3)18-14-10-6-9-13(15(14)17)16(20)21/h6,9-10,12,18H,4-5,7-8,11,17H2,1-3H3,(H,20,21). The van der Waals surface area contributed by atoms with Crippen LogP contribution in [0.5, 0.6) is 0 Å². The first-order valence-corrected chi connectivity index (χ1v) is 7.60. The van der Waals surface area contributed by atoms with E-state index in [1.54, 1.807) is 6.07 Å². The average molecular weight is 293 g/mol. The van der Waals surface area contributed by atoms with Gasteiger partial charge in [-0.2, -0.15) is 0 Å². The third-order valence-corrected chi connectivity index (χ3v) is 3.74. The summed E-state index contributed by atoms with van der Waals surface area (Å²) in [6, 6.07) is 5.31. The molecule has 1 atom stereocenters. The number of carboxylic acid groups (broad SMARTS) is 1. The molecule has 118 valence electrons. The molecule has 0 fully saturated rings. The van der Waals surface area contributed by atoms with E-state index in [9.17, 15) is 4.79 Å². The number of nitrogen functional groups attached to an aromatic ring is 1. The van der Waals surface area contributed by atoms with E-state index in [0.717, 1.165) is 32.5 Å². The first kappa shape index (κ1) is 17.3. The van der Waals surface area contributed by atoms with Gasteiger partial charge in [-0.25, -0.2) is 4.79 Å². The van der Waals surface area contributed by atoms with Crippen molar-refractivity contribution in [3.8, 4) is 0 Å². The molecule has 0 bridgehead atoms. The van der Waals surface area contributed by atoms with Crippen molar-refractivity contribution in [3.63, 3.8) is 0 Å². The molecular weight excluding hydrogens is 266 g/mol. The summed E-state index contributed by atoms with van der Waals surface area (Å²) in [4.78, 5) is 13.5. The third kappa shape index (κ3) is 5.27. The number of carbonyl (C=O) groups is 1. The van der Waals surface area contributed by atoms with E-state index >= 15 is 0 Å². The smallest absolute Gasteiger partial charge is 0.337 e. The fourth-order valence-electron chi connectivity index (χ4n) is 2.38. The zero-order valence-electron chi connectivity index (χ0n) is 13.2. The molecule has 0 aliphatic rings. The van der Waals surface area contributed by atoms with Crippen LogP contribution >= 0.6 is 0 Å². The highest BCUT2D eigenvalue weighted by Gasteiger charge is 2.12. The van der Waals surface area contributed by atoms with Gasteiger partial charge in [-0.1, -0.05) is 19.9 Å². The van der Waals surface area contributed by atoms with Crippen molar-refractivity contribution in [2.45, 2.75) is 39.7 Å². The van der Waals surface area contributed by atoms with Crippen LogP contribution in [0.25, 0.3) is 0 Å². The van der Waals surface area contributed by atoms with Crippen molar-refractivity contribution in [2.75, 3.05) is 30.7 Å². The van der Waals surface area contributed by atoms with Crippen molar-refractivity contribution < 1.29 is 9.90 Å². The molecule has 21 heavy (non-hydrogen) atoms. The monoisotopic (exact) mass is 293 g/mol. The molecule has 0 spiro atoms. The lowest BCUT2D eigenvalue weighted by atomic mass is 10.1. The van der Waals surface area contributed by atoms with Gasteiger partial charge in [-0.3, -0.25) is 0 Å². The van der Waals surface area contributed by atoms with Crippen LogP contribution in [0.4, 0.5) is 11.4 Å². The van der Waals surface area contributed by atoms with Crippen molar-refractivity contribution in [3.05, 3.63) is 23.8 Å². The van der Waals surface area contributed by atoms with E-state index in [0.29, 0.717) is 11.4 Å². The van der Waals surface area contributed by atoms with Gasteiger partial charge in [0.05, 0.1) is 16.9 Å². The Morgan fingerprint density at radius 1 is 1.38 bits per heavy atom. The fourth-order valence-corrected chi connectivity index (χ4v) is 2.38. The van der Waals surface area contributed by atoms with E-state index in [1.807, 2.05) is 6.07 Å². The van der Waals surface area contributed by atoms with Crippen LogP contribution in [0, 0.1) is 0 Å². The number of carboxylic acids is 1. The number of hydrogen-bond acceptors (Lipinski definition) is 4. The summed E-state index contributed by atoms with van der Waals surface area (Å²) >= 11 is 0. The Bertz CT molecular complexity index is 459. The molecule has 5 heteroatoms. The van der Waals surface area contributed by atoms with Crippen LogP contribution in [-0.2, 0) is 0 Å². The lowest BCUT2D eigenvalue weighted by Gasteiger charge is -2.21. The number of nitrogens with two attached hydrogens (primary N) is 1. The number of para-hydroxylation sites is 1. The molecule has 0 saturated carbocycles. The van der Waals surface area contributed by atoms with Gasteiger partial charge >= 0.3 is 5.97 Å². The summed E-state index contributed by atoms with van der Waals surface area (Å²) in [6.45, 7) is 9.67. The molecule has 5 nitrogen and oxygen atoms in total. The maximum absolute atomic E-state index is 11.1.